The second-order valence-electron chi connectivity index (χ2n) is 10.8. The maximum absolute atomic E-state index is 14.6. The largest absolute Gasteiger partial charge is 0.632 e. The van der Waals surface area contributed by atoms with Crippen LogP contribution in [-0.4, -0.2) is 64.6 Å². The third-order valence-corrected chi connectivity index (χ3v) is 7.92. The number of aromatic nitrogens is 1. The molecular weight excluding hydrogens is 472 g/mol. The van der Waals surface area contributed by atoms with Crippen LogP contribution in [0.15, 0.2) is 84.9 Å². The van der Waals surface area contributed by atoms with E-state index in [0.717, 1.165) is 59.2 Å². The molecule has 1 saturated heterocycles. The molecule has 0 spiro atoms. The van der Waals surface area contributed by atoms with Gasteiger partial charge in [-0.3, -0.25) is 9.69 Å². The van der Waals surface area contributed by atoms with Crippen LogP contribution in [0, 0.1) is 5.21 Å². The summed E-state index contributed by atoms with van der Waals surface area (Å²) in [5.41, 5.74) is 4.99. The Morgan fingerprint density at radius 2 is 1.58 bits per heavy atom. The van der Waals surface area contributed by atoms with Crippen LogP contribution in [-0.2, 0) is 13.1 Å². The molecule has 2 fully saturated rings. The van der Waals surface area contributed by atoms with E-state index in [1.165, 1.54) is 0 Å². The average molecular weight is 507 g/mol. The molecule has 38 heavy (non-hydrogen) atoms. The molecule has 1 aromatic heterocycles. The zero-order valence-corrected chi connectivity index (χ0v) is 21.9. The van der Waals surface area contributed by atoms with Gasteiger partial charge in [0.2, 0.25) is 0 Å². The van der Waals surface area contributed by atoms with Gasteiger partial charge in [0.1, 0.15) is 6.54 Å². The van der Waals surface area contributed by atoms with Crippen molar-refractivity contribution in [3.05, 3.63) is 107 Å². The normalized spacial score (nSPS) is 17.4. The second kappa shape index (κ2) is 10.3. The molecule has 2 aliphatic rings. The summed E-state index contributed by atoms with van der Waals surface area (Å²) in [4.78, 5) is 23.9. The lowest BCUT2D eigenvalue weighted by Crippen LogP contribution is -2.54. The minimum Gasteiger partial charge on any atom is -0.632 e. The first-order valence-corrected chi connectivity index (χ1v) is 13.6. The number of quaternary nitrogens is 1. The number of hydrogen-bond donors (Lipinski definition) is 0. The number of pyridine rings is 1. The van der Waals surface area contributed by atoms with E-state index in [2.05, 4.69) is 24.1 Å². The van der Waals surface area contributed by atoms with Gasteiger partial charge in [-0.15, -0.1) is 0 Å². The first kappa shape index (κ1) is 24.7. The summed E-state index contributed by atoms with van der Waals surface area (Å²) in [6.45, 7) is 3.29. The van der Waals surface area contributed by atoms with Crippen molar-refractivity contribution in [3.63, 3.8) is 0 Å². The van der Waals surface area contributed by atoms with Crippen molar-refractivity contribution in [2.75, 3.05) is 33.2 Å². The number of fused-ring (bicyclic) bond motifs is 1. The summed E-state index contributed by atoms with van der Waals surface area (Å²) in [6, 6.07) is 28.3. The number of nitrogens with zero attached hydrogens (tertiary/aromatic N) is 4. The quantitative estimate of drug-likeness (QED) is 0.247. The predicted molar refractivity (Wildman–Crippen MR) is 151 cm³/mol. The molecule has 0 unspecified atom stereocenters. The van der Waals surface area contributed by atoms with E-state index in [1.54, 1.807) is 0 Å². The number of rotatable bonds is 7. The molecular formula is C32H34N4O2. The van der Waals surface area contributed by atoms with Gasteiger partial charge in [0, 0.05) is 42.2 Å². The molecule has 0 radical (unpaired) electrons. The number of piperazine rings is 1. The van der Waals surface area contributed by atoms with E-state index in [-0.39, 0.29) is 23.1 Å². The van der Waals surface area contributed by atoms with Gasteiger partial charge in [-0.05, 0) is 31.5 Å². The molecule has 6 heteroatoms. The molecule has 194 valence electrons. The first-order chi connectivity index (χ1) is 18.5. The summed E-state index contributed by atoms with van der Waals surface area (Å²) in [7, 11) is 2.06. The Balaban J connectivity index is 1.53. The molecule has 1 amide bonds. The van der Waals surface area contributed by atoms with Gasteiger partial charge >= 0.3 is 0 Å². The molecule has 0 N–H and O–H groups in total. The second-order valence-corrected chi connectivity index (χ2v) is 10.8. The zero-order chi connectivity index (χ0) is 26.1. The van der Waals surface area contributed by atoms with Crippen molar-refractivity contribution in [1.29, 1.82) is 0 Å². The highest BCUT2D eigenvalue weighted by molar-refractivity contribution is 6.09. The molecule has 1 aliphatic carbocycles. The summed E-state index contributed by atoms with van der Waals surface area (Å²) < 4.78 is -0.341. The summed E-state index contributed by atoms with van der Waals surface area (Å²) >= 11 is 0. The van der Waals surface area contributed by atoms with Gasteiger partial charge in [0.25, 0.3) is 5.91 Å². The number of para-hydroxylation sites is 1. The number of carbonyl (C=O) groups excluding carboxylic acids is 1. The van der Waals surface area contributed by atoms with E-state index >= 15 is 0 Å². The molecule has 6 rings (SSSR count). The predicted octanol–water partition coefficient (Wildman–Crippen LogP) is 5.47. The monoisotopic (exact) mass is 506 g/mol. The highest BCUT2D eigenvalue weighted by Gasteiger charge is 2.37. The maximum atomic E-state index is 14.6. The van der Waals surface area contributed by atoms with Gasteiger partial charge in [-0.1, -0.05) is 78.9 Å². The number of carbonyl (C=O) groups is 1. The molecule has 0 bridgehead atoms. The fourth-order valence-electron chi connectivity index (χ4n) is 5.54. The standard InChI is InChI=1S/C32H34N4O2/c1-34-18-20-36(38,21-19-34)23-28-30(32(37)35(26-16-17-26)22-24-10-4-2-5-11-24)27-14-8-9-15-29(27)33-31(28)25-12-6-3-7-13-25/h2-15,26H,16-23H2,1H3. The van der Waals surface area contributed by atoms with E-state index < -0.39 is 0 Å². The van der Waals surface area contributed by atoms with Crippen LogP contribution in [0.1, 0.15) is 34.3 Å². The Morgan fingerprint density at radius 1 is 0.947 bits per heavy atom. The van der Waals surface area contributed by atoms with Crippen LogP contribution >= 0.6 is 0 Å². The topological polar surface area (TPSA) is 59.5 Å². The van der Waals surface area contributed by atoms with Crippen LogP contribution in [0.4, 0.5) is 0 Å². The van der Waals surface area contributed by atoms with Gasteiger partial charge in [-0.25, -0.2) is 4.98 Å². The van der Waals surface area contributed by atoms with Gasteiger partial charge in [-0.2, -0.15) is 0 Å². The van der Waals surface area contributed by atoms with Crippen molar-refractivity contribution >= 4 is 16.8 Å². The van der Waals surface area contributed by atoms with Crippen molar-refractivity contribution in [1.82, 2.24) is 14.8 Å². The van der Waals surface area contributed by atoms with Gasteiger partial charge in [0.05, 0.1) is 29.9 Å². The van der Waals surface area contributed by atoms with Crippen molar-refractivity contribution in [3.8, 4) is 11.3 Å². The summed E-state index contributed by atoms with van der Waals surface area (Å²) in [6.07, 6.45) is 2.02. The molecule has 1 saturated carbocycles. The average Bonchev–Trinajstić information content (AvgIpc) is 3.79. The van der Waals surface area contributed by atoms with Gasteiger partial charge < -0.3 is 14.8 Å². The van der Waals surface area contributed by atoms with Gasteiger partial charge in [0.15, 0.2) is 0 Å². The van der Waals surface area contributed by atoms with Crippen LogP contribution in [0.5, 0.6) is 0 Å². The lowest BCUT2D eigenvalue weighted by atomic mass is 9.94. The lowest BCUT2D eigenvalue weighted by Gasteiger charge is -2.48. The fourth-order valence-corrected chi connectivity index (χ4v) is 5.54. The lowest BCUT2D eigenvalue weighted by molar-refractivity contribution is -0.898. The minimum atomic E-state index is -0.341. The fraction of sp³-hybridized carbons (Fsp3) is 0.312. The van der Waals surface area contributed by atoms with E-state index in [4.69, 9.17) is 4.98 Å². The Hall–Kier alpha value is -3.58. The third-order valence-electron chi connectivity index (χ3n) is 7.92. The first-order valence-electron chi connectivity index (χ1n) is 13.6. The maximum Gasteiger partial charge on any atom is 0.255 e. The third kappa shape index (κ3) is 5.07. The number of amides is 1. The van der Waals surface area contributed by atoms with Crippen LogP contribution < -0.4 is 0 Å². The van der Waals surface area contributed by atoms with Crippen molar-refractivity contribution in [2.24, 2.45) is 0 Å². The number of hydrogen-bond acceptors (Lipinski definition) is 4. The summed E-state index contributed by atoms with van der Waals surface area (Å²) in [5.74, 6) is 0.00265. The number of likely N-dealkylation sites (N-methyl/N-ethyl adjacent to an activating group) is 1. The molecule has 2 heterocycles. The Bertz CT molecular complexity index is 1430. The summed E-state index contributed by atoms with van der Waals surface area (Å²) in [5, 5.41) is 14.9. The van der Waals surface area contributed by atoms with Crippen LogP contribution in [0.25, 0.3) is 22.2 Å². The highest BCUT2D eigenvalue weighted by Crippen LogP contribution is 2.37. The number of hydroxylamine groups is 3. The zero-order valence-electron chi connectivity index (χ0n) is 21.9. The molecule has 3 aromatic carbocycles. The molecule has 1 aliphatic heterocycles. The van der Waals surface area contributed by atoms with Crippen LogP contribution in [0.3, 0.4) is 0 Å². The van der Waals surface area contributed by atoms with E-state index in [0.29, 0.717) is 25.2 Å². The SMILES string of the molecule is CN1CC[N+]([O-])(Cc2c(-c3ccccc3)nc3ccccc3c2C(=O)N(Cc2ccccc2)C2CC2)CC1. The number of benzene rings is 3. The minimum absolute atomic E-state index is 0.00265. The Labute approximate surface area is 224 Å². The van der Waals surface area contributed by atoms with Crippen molar-refractivity contribution < 1.29 is 9.44 Å². The highest BCUT2D eigenvalue weighted by atomic mass is 16.5. The molecule has 0 atom stereocenters. The van der Waals surface area contributed by atoms with Crippen LogP contribution in [0.2, 0.25) is 0 Å². The molecule has 4 aromatic rings. The van der Waals surface area contributed by atoms with E-state index in [1.807, 2.05) is 77.7 Å². The van der Waals surface area contributed by atoms with Crippen molar-refractivity contribution in [2.45, 2.75) is 32.0 Å². The van der Waals surface area contributed by atoms with E-state index in [9.17, 15) is 10.0 Å². The molecule has 6 nitrogen and oxygen atoms in total. The Morgan fingerprint density at radius 3 is 2.26 bits per heavy atom. The smallest absolute Gasteiger partial charge is 0.255 e. The Kier molecular flexibility index (Phi) is 6.70.